The van der Waals surface area contributed by atoms with Gasteiger partial charge in [0, 0.05) is 12.3 Å². The molecule has 0 radical (unpaired) electrons. The number of hydrogen-bond donors (Lipinski definition) is 0. The van der Waals surface area contributed by atoms with E-state index in [-0.39, 0.29) is 0 Å². The summed E-state index contributed by atoms with van der Waals surface area (Å²) in [6, 6.07) is 4.03. The number of halogens is 1. The monoisotopic (exact) mass is 218 g/mol. The summed E-state index contributed by atoms with van der Waals surface area (Å²) in [6.45, 7) is 1.32. The van der Waals surface area contributed by atoms with Gasteiger partial charge in [0.2, 0.25) is 5.79 Å². The summed E-state index contributed by atoms with van der Waals surface area (Å²) in [7, 11) is 0. The average Bonchev–Trinajstić information content (AvgIpc) is 2.73. The summed E-state index contributed by atoms with van der Waals surface area (Å²) in [5.74, 6) is 0.00775. The predicted octanol–water partition coefficient (Wildman–Crippen LogP) is 2.58. The Morgan fingerprint density at radius 1 is 1.46 bits per heavy atom. The Bertz CT molecular complexity index is 255. The molecule has 1 aromatic rings. The molecule has 1 saturated heterocycles. The van der Waals surface area contributed by atoms with Crippen LogP contribution < -0.4 is 0 Å². The fourth-order valence-electron chi connectivity index (χ4n) is 1.48. The molecule has 0 atom stereocenters. The standard InChI is InChI=1S/C9H11ClO2S/c10-4-3-9(11-5-6-12-9)8-2-1-7-13-8/h1-2,7H,3-6H2. The minimum absolute atomic E-state index is 0.546. The summed E-state index contributed by atoms with van der Waals surface area (Å²) >= 11 is 7.38. The van der Waals surface area contributed by atoms with Crippen LogP contribution in [-0.2, 0) is 15.3 Å². The van der Waals surface area contributed by atoms with Crippen LogP contribution in [0.1, 0.15) is 11.3 Å². The van der Waals surface area contributed by atoms with E-state index in [0.717, 1.165) is 11.3 Å². The Labute approximate surface area is 86.4 Å². The van der Waals surface area contributed by atoms with Crippen molar-refractivity contribution >= 4 is 22.9 Å². The Morgan fingerprint density at radius 3 is 2.77 bits per heavy atom. The molecular weight excluding hydrogens is 208 g/mol. The highest BCUT2D eigenvalue weighted by molar-refractivity contribution is 7.10. The van der Waals surface area contributed by atoms with Gasteiger partial charge in [-0.05, 0) is 11.4 Å². The van der Waals surface area contributed by atoms with Crippen molar-refractivity contribution < 1.29 is 9.47 Å². The average molecular weight is 219 g/mol. The Kier molecular flexibility index (Phi) is 2.89. The van der Waals surface area contributed by atoms with Gasteiger partial charge in [0.15, 0.2) is 0 Å². The van der Waals surface area contributed by atoms with Gasteiger partial charge in [0.1, 0.15) is 0 Å². The zero-order chi connectivity index (χ0) is 9.15. The van der Waals surface area contributed by atoms with E-state index in [1.807, 2.05) is 17.5 Å². The highest BCUT2D eigenvalue weighted by Gasteiger charge is 2.38. The first kappa shape index (κ1) is 9.46. The van der Waals surface area contributed by atoms with Crippen molar-refractivity contribution in [2.75, 3.05) is 19.1 Å². The van der Waals surface area contributed by atoms with Crippen LogP contribution in [0.25, 0.3) is 0 Å². The molecule has 0 unspecified atom stereocenters. The second-order valence-electron chi connectivity index (χ2n) is 2.87. The molecule has 0 N–H and O–H groups in total. The Balaban J connectivity index is 2.22. The lowest BCUT2D eigenvalue weighted by Crippen LogP contribution is -2.26. The van der Waals surface area contributed by atoms with Crippen LogP contribution in [0.5, 0.6) is 0 Å². The van der Waals surface area contributed by atoms with Crippen molar-refractivity contribution in [2.24, 2.45) is 0 Å². The highest BCUT2D eigenvalue weighted by Crippen LogP contribution is 2.37. The zero-order valence-electron chi connectivity index (χ0n) is 7.16. The van der Waals surface area contributed by atoms with Gasteiger partial charge in [-0.25, -0.2) is 0 Å². The molecule has 72 valence electrons. The van der Waals surface area contributed by atoms with Gasteiger partial charge in [-0.3, -0.25) is 0 Å². The third kappa shape index (κ3) is 1.74. The van der Waals surface area contributed by atoms with Gasteiger partial charge in [0.25, 0.3) is 0 Å². The summed E-state index contributed by atoms with van der Waals surface area (Å²) in [6.07, 6.45) is 0.717. The normalized spacial score (nSPS) is 20.7. The summed E-state index contributed by atoms with van der Waals surface area (Å²) in [4.78, 5) is 1.12. The molecule has 0 bridgehead atoms. The van der Waals surface area contributed by atoms with Crippen molar-refractivity contribution in [3.05, 3.63) is 22.4 Å². The second kappa shape index (κ2) is 3.96. The summed E-state index contributed by atoms with van der Waals surface area (Å²) in [5, 5.41) is 2.02. The lowest BCUT2D eigenvalue weighted by Gasteiger charge is -2.24. The molecule has 0 aliphatic carbocycles. The molecule has 1 aliphatic rings. The quantitative estimate of drug-likeness (QED) is 0.727. The summed E-state index contributed by atoms with van der Waals surface area (Å²) in [5.41, 5.74) is 0. The molecular formula is C9H11ClO2S. The van der Waals surface area contributed by atoms with Crippen LogP contribution in [-0.4, -0.2) is 19.1 Å². The van der Waals surface area contributed by atoms with Crippen LogP contribution in [0.3, 0.4) is 0 Å². The number of thiophene rings is 1. The molecule has 2 heterocycles. The molecule has 0 aromatic carbocycles. The van der Waals surface area contributed by atoms with E-state index in [9.17, 15) is 0 Å². The van der Waals surface area contributed by atoms with E-state index in [4.69, 9.17) is 21.1 Å². The van der Waals surface area contributed by atoms with E-state index in [1.165, 1.54) is 0 Å². The van der Waals surface area contributed by atoms with E-state index in [1.54, 1.807) is 11.3 Å². The van der Waals surface area contributed by atoms with E-state index >= 15 is 0 Å². The molecule has 2 rings (SSSR count). The van der Waals surface area contributed by atoms with Crippen LogP contribution in [0.15, 0.2) is 17.5 Å². The number of ether oxygens (including phenoxy) is 2. The first-order valence-electron chi connectivity index (χ1n) is 4.25. The maximum absolute atomic E-state index is 5.73. The van der Waals surface area contributed by atoms with Crippen molar-refractivity contribution in [3.63, 3.8) is 0 Å². The van der Waals surface area contributed by atoms with Gasteiger partial charge >= 0.3 is 0 Å². The third-order valence-corrected chi connectivity index (χ3v) is 3.26. The van der Waals surface area contributed by atoms with Crippen molar-refractivity contribution in [1.29, 1.82) is 0 Å². The van der Waals surface area contributed by atoms with Gasteiger partial charge in [-0.2, -0.15) is 0 Å². The number of hydrogen-bond acceptors (Lipinski definition) is 3. The molecule has 0 spiro atoms. The van der Waals surface area contributed by atoms with Gasteiger partial charge < -0.3 is 9.47 Å². The van der Waals surface area contributed by atoms with Crippen LogP contribution in [0.4, 0.5) is 0 Å². The van der Waals surface area contributed by atoms with E-state index in [0.29, 0.717) is 19.1 Å². The first-order valence-corrected chi connectivity index (χ1v) is 5.67. The van der Waals surface area contributed by atoms with E-state index in [2.05, 4.69) is 0 Å². The molecule has 1 aliphatic heterocycles. The maximum atomic E-state index is 5.73. The second-order valence-corrected chi connectivity index (χ2v) is 4.19. The SMILES string of the molecule is ClCCC1(c2cccs2)OCCO1. The van der Waals surface area contributed by atoms with Crippen LogP contribution in [0, 0.1) is 0 Å². The highest BCUT2D eigenvalue weighted by atomic mass is 35.5. The van der Waals surface area contributed by atoms with Crippen molar-refractivity contribution in [1.82, 2.24) is 0 Å². The zero-order valence-corrected chi connectivity index (χ0v) is 8.74. The van der Waals surface area contributed by atoms with Crippen molar-refractivity contribution in [3.8, 4) is 0 Å². The fourth-order valence-corrected chi connectivity index (χ4v) is 2.59. The molecule has 1 aromatic heterocycles. The molecule has 4 heteroatoms. The molecule has 0 saturated carbocycles. The molecule has 1 fully saturated rings. The van der Waals surface area contributed by atoms with Gasteiger partial charge in [-0.15, -0.1) is 22.9 Å². The van der Waals surface area contributed by atoms with E-state index < -0.39 is 5.79 Å². The van der Waals surface area contributed by atoms with Gasteiger partial charge in [0.05, 0.1) is 18.1 Å². The lowest BCUT2D eigenvalue weighted by molar-refractivity contribution is -0.164. The first-order chi connectivity index (χ1) is 6.37. The topological polar surface area (TPSA) is 18.5 Å². The Morgan fingerprint density at radius 2 is 2.23 bits per heavy atom. The molecule has 2 nitrogen and oxygen atoms in total. The minimum Gasteiger partial charge on any atom is -0.343 e. The van der Waals surface area contributed by atoms with Crippen molar-refractivity contribution in [2.45, 2.75) is 12.2 Å². The largest absolute Gasteiger partial charge is 0.343 e. The van der Waals surface area contributed by atoms with Gasteiger partial charge in [-0.1, -0.05) is 6.07 Å². The number of alkyl halides is 1. The third-order valence-electron chi connectivity index (χ3n) is 2.07. The minimum atomic E-state index is -0.546. The summed E-state index contributed by atoms with van der Waals surface area (Å²) < 4.78 is 11.3. The molecule has 13 heavy (non-hydrogen) atoms. The Hall–Kier alpha value is -0.0900. The van der Waals surface area contributed by atoms with Crippen LogP contribution in [0.2, 0.25) is 0 Å². The maximum Gasteiger partial charge on any atom is 0.205 e. The fraction of sp³-hybridized carbons (Fsp3) is 0.556. The predicted molar refractivity (Wildman–Crippen MR) is 53.2 cm³/mol. The smallest absolute Gasteiger partial charge is 0.205 e. The molecule has 0 amide bonds. The lowest BCUT2D eigenvalue weighted by atomic mass is 10.2. The van der Waals surface area contributed by atoms with Crippen LogP contribution >= 0.6 is 22.9 Å². The number of rotatable bonds is 3.